The molecule has 2 N–H and O–H groups in total. The van der Waals surface area contributed by atoms with Crippen LogP contribution >= 0.6 is 11.8 Å². The first-order valence-electron chi connectivity index (χ1n) is 11.6. The molecule has 4 aromatic carbocycles. The largest absolute Gasteiger partial charge is 0.488 e. The number of ether oxygens (including phenoxy) is 1. The zero-order valence-electron chi connectivity index (χ0n) is 20.3. The molecule has 0 bridgehead atoms. The smallest absolute Gasteiger partial charge is 0.281 e. The number of carbonyl (C=O) groups excluding carboxylic acids is 2. The van der Waals surface area contributed by atoms with Crippen molar-refractivity contribution in [3.8, 4) is 5.75 Å². The van der Waals surface area contributed by atoms with Crippen LogP contribution in [0.2, 0.25) is 0 Å². The number of hydrogen-bond acceptors (Lipinski definition) is 5. The highest BCUT2D eigenvalue weighted by Crippen LogP contribution is 2.45. The maximum absolute atomic E-state index is 14.6. The molecule has 1 atom stereocenters. The quantitative estimate of drug-likeness (QED) is 0.290. The highest BCUT2D eigenvalue weighted by Gasteiger charge is 2.38. The highest BCUT2D eigenvalue weighted by molar-refractivity contribution is 8.14. The monoisotopic (exact) mass is 563 g/mol. The van der Waals surface area contributed by atoms with E-state index in [0.29, 0.717) is 23.3 Å². The third kappa shape index (κ3) is 5.48. The fourth-order valence-electron chi connectivity index (χ4n) is 3.91. The summed E-state index contributed by atoms with van der Waals surface area (Å²) in [6.45, 7) is 0.00417. The number of halogens is 4. The zero-order valence-corrected chi connectivity index (χ0v) is 21.1. The Labute approximate surface area is 230 Å². The van der Waals surface area contributed by atoms with E-state index in [4.69, 9.17) is 10.5 Å². The third-order valence-electron chi connectivity index (χ3n) is 5.81. The van der Waals surface area contributed by atoms with Gasteiger partial charge in [0.05, 0.1) is 5.56 Å². The topological polar surface area (TPSA) is 85.0 Å². The summed E-state index contributed by atoms with van der Waals surface area (Å²) in [6.07, 6.45) is 0. The third-order valence-corrected chi connectivity index (χ3v) is 7.01. The van der Waals surface area contributed by atoms with Gasteiger partial charge in [-0.15, -0.1) is 0 Å². The van der Waals surface area contributed by atoms with Crippen molar-refractivity contribution in [2.75, 3.05) is 0 Å². The van der Waals surface area contributed by atoms with Crippen LogP contribution in [0, 0.1) is 35.4 Å². The number of rotatable bonds is 7. The summed E-state index contributed by atoms with van der Waals surface area (Å²) >= 11 is 1.03. The lowest BCUT2D eigenvalue weighted by Gasteiger charge is -2.22. The van der Waals surface area contributed by atoms with Crippen molar-refractivity contribution in [1.82, 2.24) is 5.01 Å². The van der Waals surface area contributed by atoms with E-state index in [-0.39, 0.29) is 28.5 Å². The van der Waals surface area contributed by atoms with Gasteiger partial charge >= 0.3 is 0 Å². The second-order valence-electron chi connectivity index (χ2n) is 8.51. The second kappa shape index (κ2) is 11.1. The summed E-state index contributed by atoms with van der Waals surface area (Å²) < 4.78 is 62.2. The summed E-state index contributed by atoms with van der Waals surface area (Å²) in [7, 11) is 0. The number of amides is 2. The molecule has 0 fully saturated rings. The van der Waals surface area contributed by atoms with Crippen LogP contribution < -0.4 is 10.5 Å². The molecule has 0 aliphatic carbocycles. The van der Waals surface area contributed by atoms with Crippen molar-refractivity contribution in [1.29, 1.82) is 0 Å². The number of nitrogens with two attached hydrogens (primary N) is 1. The lowest BCUT2D eigenvalue weighted by atomic mass is 10.1. The summed E-state index contributed by atoms with van der Waals surface area (Å²) in [4.78, 5) is 25.0. The molecule has 1 aliphatic heterocycles. The van der Waals surface area contributed by atoms with Crippen LogP contribution in [0.4, 0.5) is 17.6 Å². The number of primary amides is 1. The normalized spacial score (nSPS) is 14.4. The Kier molecular flexibility index (Phi) is 7.44. The highest BCUT2D eigenvalue weighted by atomic mass is 32.2. The van der Waals surface area contributed by atoms with Crippen LogP contribution in [0.15, 0.2) is 77.9 Å². The van der Waals surface area contributed by atoms with Crippen LogP contribution in [0.5, 0.6) is 5.75 Å². The van der Waals surface area contributed by atoms with Crippen molar-refractivity contribution in [3.63, 3.8) is 0 Å². The summed E-state index contributed by atoms with van der Waals surface area (Å²) in [5.74, 6) is -6.01. The fraction of sp³-hybridized carbons (Fsp3) is 0.0690. The van der Waals surface area contributed by atoms with Gasteiger partial charge in [-0.3, -0.25) is 9.59 Å². The zero-order chi connectivity index (χ0) is 28.4. The second-order valence-corrected chi connectivity index (χ2v) is 9.58. The minimum atomic E-state index is -1.40. The van der Waals surface area contributed by atoms with Crippen molar-refractivity contribution >= 4 is 28.6 Å². The minimum absolute atomic E-state index is 0.00417. The molecule has 2 amide bonds. The van der Waals surface area contributed by atoms with Gasteiger partial charge in [-0.25, -0.2) is 22.6 Å². The van der Waals surface area contributed by atoms with Gasteiger partial charge in [0, 0.05) is 23.3 Å². The molecule has 4 aromatic rings. The molecule has 5 rings (SSSR count). The van der Waals surface area contributed by atoms with Gasteiger partial charge in [-0.2, -0.15) is 5.10 Å². The number of nitrogens with zero attached hydrogens (tertiary/aromatic N) is 2. The molecule has 0 saturated carbocycles. The molecule has 0 spiro atoms. The molecule has 6 nitrogen and oxygen atoms in total. The summed E-state index contributed by atoms with van der Waals surface area (Å²) in [5, 5.41) is 4.33. The van der Waals surface area contributed by atoms with Crippen LogP contribution in [0.3, 0.4) is 0 Å². The van der Waals surface area contributed by atoms with Gasteiger partial charge in [-0.1, -0.05) is 36.0 Å². The maximum atomic E-state index is 14.6. The Balaban J connectivity index is 1.52. The van der Waals surface area contributed by atoms with E-state index < -0.39 is 46.0 Å². The van der Waals surface area contributed by atoms with E-state index in [0.717, 1.165) is 16.8 Å². The van der Waals surface area contributed by atoms with E-state index in [2.05, 4.69) is 17.2 Å². The number of carbonyl (C=O) groups is 2. The predicted octanol–water partition coefficient (Wildman–Crippen LogP) is 5.77. The van der Waals surface area contributed by atoms with Gasteiger partial charge in [-0.05, 0) is 54.1 Å². The number of hydrogen-bond donors (Lipinski definition) is 1. The first-order chi connectivity index (χ1) is 19.2. The Morgan fingerprint density at radius 1 is 0.975 bits per heavy atom. The molecule has 200 valence electrons. The lowest BCUT2D eigenvalue weighted by Crippen LogP contribution is -2.28. The predicted molar refractivity (Wildman–Crippen MR) is 139 cm³/mol. The molecule has 0 aromatic heterocycles. The molecular formula is C29H17F4N3O3S. The van der Waals surface area contributed by atoms with Gasteiger partial charge in [0.2, 0.25) is 5.91 Å². The van der Waals surface area contributed by atoms with Crippen LogP contribution in [0.25, 0.3) is 0 Å². The summed E-state index contributed by atoms with van der Waals surface area (Å²) in [5.41, 5.74) is 5.97. The molecule has 1 aliphatic rings. The molecule has 0 saturated heterocycles. The molecule has 11 heteroatoms. The van der Waals surface area contributed by atoms with Crippen LogP contribution in [-0.2, 0) is 6.61 Å². The Morgan fingerprint density at radius 2 is 1.70 bits per heavy atom. The van der Waals surface area contributed by atoms with Crippen molar-refractivity contribution in [2.45, 2.75) is 12.0 Å². The van der Waals surface area contributed by atoms with Crippen LogP contribution in [-0.4, -0.2) is 21.9 Å². The van der Waals surface area contributed by atoms with Crippen molar-refractivity contribution in [3.05, 3.63) is 136 Å². The first-order valence-corrected chi connectivity index (χ1v) is 12.5. The van der Waals surface area contributed by atoms with E-state index in [1.165, 1.54) is 30.3 Å². The van der Waals surface area contributed by atoms with Gasteiger partial charge in [0.25, 0.3) is 5.91 Å². The van der Waals surface area contributed by atoms with Gasteiger partial charge in [0.1, 0.15) is 51.6 Å². The van der Waals surface area contributed by atoms with E-state index in [1.54, 1.807) is 30.3 Å². The van der Waals surface area contributed by atoms with Crippen LogP contribution in [0.1, 0.15) is 42.8 Å². The molecule has 40 heavy (non-hydrogen) atoms. The summed E-state index contributed by atoms with van der Waals surface area (Å²) in [6, 6.07) is 21.3. The molecular weight excluding hydrogens is 546 g/mol. The van der Waals surface area contributed by atoms with E-state index >= 15 is 0 Å². The number of thioether (sulfide) groups is 1. The number of hydrazone groups is 1. The van der Waals surface area contributed by atoms with Crippen molar-refractivity contribution in [2.24, 2.45) is 10.8 Å². The lowest BCUT2D eigenvalue weighted by molar-refractivity contribution is 0.0737. The van der Waals surface area contributed by atoms with E-state index in [9.17, 15) is 27.2 Å². The van der Waals surface area contributed by atoms with Gasteiger partial charge < -0.3 is 10.5 Å². The Morgan fingerprint density at radius 3 is 2.40 bits per heavy atom. The molecule has 1 heterocycles. The Hall–Kier alpha value is -4.82. The average molecular weight is 564 g/mol. The Bertz CT molecular complexity index is 1620. The van der Waals surface area contributed by atoms with Gasteiger partial charge in [0.15, 0.2) is 0 Å². The molecule has 1 unspecified atom stereocenters. The fourth-order valence-corrected chi connectivity index (χ4v) is 5.07. The molecule has 0 radical (unpaired) electrons. The van der Waals surface area contributed by atoms with Crippen molar-refractivity contribution < 1.29 is 31.9 Å². The van der Waals surface area contributed by atoms with E-state index in [1.807, 2.05) is 0 Å². The standard InChI is InChI=1S/C29H17F4N3O3S/c30-19-10-8-17(9-11-19)27-35-36(28(38)25-22(32)13-20(31)14-23(25)33)29(40-27)21-6-1-2-7-24(21)39-15-16-4-3-5-18(12-16)26(34)37/h2-5,7-14,29H,15H2,(H2,34,37). The SMILES string of the molecule is NC(=O)c1cccc(COc2ccc#cc2C2SC(c3ccc(F)cc3)=NN2C(=O)c2c(F)cc(F)cc2F)c1. The minimum Gasteiger partial charge on any atom is -0.488 e. The first kappa shape index (κ1) is 26.8. The maximum Gasteiger partial charge on any atom is 0.281 e. The number of benzene rings is 3. The average Bonchev–Trinajstić information content (AvgIpc) is 3.37.